The minimum absolute atomic E-state index is 0.152. The summed E-state index contributed by atoms with van der Waals surface area (Å²) in [4.78, 5) is 11.8. The number of likely N-dealkylation sites (N-methyl/N-ethyl adjacent to an activating group) is 1. The molecule has 140 valence electrons. The quantitative estimate of drug-likeness (QED) is 0.684. The molecular formula is C17H17F2NO5S. The number of esters is 1. The van der Waals surface area contributed by atoms with E-state index in [2.05, 4.69) is 0 Å². The maximum absolute atomic E-state index is 13.3. The van der Waals surface area contributed by atoms with Crippen LogP contribution in [-0.2, 0) is 26.2 Å². The predicted octanol–water partition coefficient (Wildman–Crippen LogP) is 2.34. The lowest BCUT2D eigenvalue weighted by Gasteiger charge is -2.17. The molecular weight excluding hydrogens is 368 g/mol. The molecule has 2 aromatic carbocycles. The van der Waals surface area contributed by atoms with Gasteiger partial charge in [-0.1, -0.05) is 0 Å². The van der Waals surface area contributed by atoms with E-state index in [1.807, 2.05) is 0 Å². The summed E-state index contributed by atoms with van der Waals surface area (Å²) in [6, 6.07) is 7.97. The van der Waals surface area contributed by atoms with Crippen molar-refractivity contribution >= 4 is 16.0 Å². The van der Waals surface area contributed by atoms with Crippen LogP contribution in [0.25, 0.3) is 0 Å². The zero-order chi connectivity index (χ0) is 19.3. The third-order valence-electron chi connectivity index (χ3n) is 3.50. The van der Waals surface area contributed by atoms with Crippen molar-refractivity contribution in [2.75, 3.05) is 20.7 Å². The summed E-state index contributed by atoms with van der Waals surface area (Å²) in [5, 5.41) is 0. The summed E-state index contributed by atoms with van der Waals surface area (Å²) in [5.74, 6) is -1.58. The molecule has 0 heterocycles. The standard InChI is InChI=1S/C17H17F2NO5S/c1-20(26(22,23)15-6-3-13(18)4-7-15)10-17(21)25-11-12-9-14(19)5-8-16(12)24-2/h3-9H,10-11H2,1-2H3. The molecule has 9 heteroatoms. The van der Waals surface area contributed by atoms with Gasteiger partial charge in [0.2, 0.25) is 10.0 Å². The SMILES string of the molecule is COc1ccc(F)cc1COC(=O)CN(C)S(=O)(=O)c1ccc(F)cc1. The first-order valence-electron chi connectivity index (χ1n) is 7.44. The Kier molecular flexibility index (Phi) is 6.27. The Bertz CT molecular complexity index is 885. The van der Waals surface area contributed by atoms with Crippen LogP contribution in [0.15, 0.2) is 47.4 Å². The van der Waals surface area contributed by atoms with Crippen molar-refractivity contribution in [3.05, 3.63) is 59.7 Å². The molecule has 0 radical (unpaired) electrons. The van der Waals surface area contributed by atoms with Crippen molar-refractivity contribution in [3.8, 4) is 5.75 Å². The molecule has 0 fully saturated rings. The summed E-state index contributed by atoms with van der Waals surface area (Å²) < 4.78 is 61.7. The number of nitrogens with zero attached hydrogens (tertiary/aromatic N) is 1. The van der Waals surface area contributed by atoms with Crippen molar-refractivity contribution < 1.29 is 31.5 Å². The predicted molar refractivity (Wildman–Crippen MR) is 89.0 cm³/mol. The van der Waals surface area contributed by atoms with Crippen LogP contribution in [-0.4, -0.2) is 39.4 Å². The molecule has 0 unspecified atom stereocenters. The minimum atomic E-state index is -3.97. The van der Waals surface area contributed by atoms with Crippen molar-refractivity contribution in [1.82, 2.24) is 4.31 Å². The number of halogens is 2. The van der Waals surface area contributed by atoms with E-state index in [4.69, 9.17) is 9.47 Å². The number of methoxy groups -OCH3 is 1. The van der Waals surface area contributed by atoms with Gasteiger partial charge in [-0.3, -0.25) is 4.79 Å². The van der Waals surface area contributed by atoms with Gasteiger partial charge in [-0.25, -0.2) is 17.2 Å². The summed E-state index contributed by atoms with van der Waals surface area (Å²) in [6.07, 6.45) is 0. The van der Waals surface area contributed by atoms with Crippen LogP contribution >= 0.6 is 0 Å². The van der Waals surface area contributed by atoms with Crippen LogP contribution in [0, 0.1) is 11.6 Å². The lowest BCUT2D eigenvalue weighted by molar-refractivity contribution is -0.144. The van der Waals surface area contributed by atoms with Crippen molar-refractivity contribution in [2.45, 2.75) is 11.5 Å². The van der Waals surface area contributed by atoms with E-state index in [0.717, 1.165) is 34.6 Å². The van der Waals surface area contributed by atoms with Crippen LogP contribution in [0.1, 0.15) is 5.56 Å². The summed E-state index contributed by atoms with van der Waals surface area (Å²) in [7, 11) is -1.38. The highest BCUT2D eigenvalue weighted by Gasteiger charge is 2.23. The maximum atomic E-state index is 13.3. The first-order chi connectivity index (χ1) is 12.2. The molecule has 0 aliphatic carbocycles. The van der Waals surface area contributed by atoms with Crippen molar-refractivity contribution in [1.29, 1.82) is 0 Å². The Morgan fingerprint density at radius 3 is 2.31 bits per heavy atom. The third kappa shape index (κ3) is 4.77. The molecule has 0 atom stereocenters. The monoisotopic (exact) mass is 385 g/mol. The van der Waals surface area contributed by atoms with Gasteiger partial charge in [0.05, 0.1) is 12.0 Å². The Morgan fingerprint density at radius 1 is 1.08 bits per heavy atom. The van der Waals surface area contributed by atoms with Gasteiger partial charge in [0.15, 0.2) is 0 Å². The van der Waals surface area contributed by atoms with Gasteiger partial charge in [-0.05, 0) is 42.5 Å². The summed E-state index contributed by atoms with van der Waals surface area (Å²) >= 11 is 0. The molecule has 2 aromatic rings. The fourth-order valence-corrected chi connectivity index (χ4v) is 3.23. The van der Waals surface area contributed by atoms with E-state index in [-0.39, 0.29) is 11.5 Å². The fraction of sp³-hybridized carbons (Fsp3) is 0.235. The van der Waals surface area contributed by atoms with E-state index in [1.54, 1.807) is 0 Å². The third-order valence-corrected chi connectivity index (χ3v) is 5.32. The Balaban J connectivity index is 2.01. The van der Waals surface area contributed by atoms with Gasteiger partial charge in [0.1, 0.15) is 30.5 Å². The minimum Gasteiger partial charge on any atom is -0.496 e. The van der Waals surface area contributed by atoms with Crippen LogP contribution in [0.3, 0.4) is 0 Å². The van der Waals surface area contributed by atoms with Crippen LogP contribution in [0.5, 0.6) is 5.75 Å². The second kappa shape index (κ2) is 8.24. The molecule has 0 spiro atoms. The number of hydrogen-bond acceptors (Lipinski definition) is 5. The number of ether oxygens (including phenoxy) is 2. The van der Waals surface area contributed by atoms with Gasteiger partial charge in [0, 0.05) is 12.6 Å². The first-order valence-corrected chi connectivity index (χ1v) is 8.88. The molecule has 0 N–H and O–H groups in total. The second-order valence-electron chi connectivity index (χ2n) is 5.33. The molecule has 0 bridgehead atoms. The van der Waals surface area contributed by atoms with Crippen LogP contribution < -0.4 is 4.74 Å². The summed E-state index contributed by atoms with van der Waals surface area (Å²) in [6.45, 7) is -0.832. The summed E-state index contributed by atoms with van der Waals surface area (Å²) in [5.41, 5.74) is 0.310. The largest absolute Gasteiger partial charge is 0.496 e. The van der Waals surface area contributed by atoms with Gasteiger partial charge in [-0.15, -0.1) is 0 Å². The van der Waals surface area contributed by atoms with E-state index in [0.29, 0.717) is 11.3 Å². The van der Waals surface area contributed by atoms with Gasteiger partial charge >= 0.3 is 5.97 Å². The van der Waals surface area contributed by atoms with E-state index < -0.39 is 34.2 Å². The van der Waals surface area contributed by atoms with Crippen molar-refractivity contribution in [2.24, 2.45) is 0 Å². The number of rotatable bonds is 7. The number of carbonyl (C=O) groups is 1. The van der Waals surface area contributed by atoms with E-state index >= 15 is 0 Å². The topological polar surface area (TPSA) is 72.9 Å². The number of benzene rings is 2. The van der Waals surface area contributed by atoms with Crippen LogP contribution in [0.2, 0.25) is 0 Å². The van der Waals surface area contributed by atoms with Gasteiger partial charge < -0.3 is 9.47 Å². The highest BCUT2D eigenvalue weighted by molar-refractivity contribution is 7.89. The zero-order valence-electron chi connectivity index (χ0n) is 14.1. The number of sulfonamides is 1. The van der Waals surface area contributed by atoms with E-state index in [1.165, 1.54) is 26.3 Å². The molecule has 26 heavy (non-hydrogen) atoms. The first kappa shape index (κ1) is 19.8. The molecule has 0 aliphatic rings. The lowest BCUT2D eigenvalue weighted by atomic mass is 10.2. The molecule has 0 aliphatic heterocycles. The highest BCUT2D eigenvalue weighted by atomic mass is 32.2. The molecule has 6 nitrogen and oxygen atoms in total. The number of carbonyl (C=O) groups excluding carboxylic acids is 1. The van der Waals surface area contributed by atoms with Gasteiger partial charge in [0.25, 0.3) is 0 Å². The Labute approximate surface area is 150 Å². The Hall–Kier alpha value is -2.52. The average Bonchev–Trinajstić information content (AvgIpc) is 2.60. The zero-order valence-corrected chi connectivity index (χ0v) is 14.9. The smallest absolute Gasteiger partial charge is 0.321 e. The molecule has 0 saturated heterocycles. The highest BCUT2D eigenvalue weighted by Crippen LogP contribution is 2.20. The number of hydrogen-bond donors (Lipinski definition) is 0. The molecule has 0 aromatic heterocycles. The lowest BCUT2D eigenvalue weighted by Crippen LogP contribution is -2.33. The Morgan fingerprint density at radius 2 is 1.69 bits per heavy atom. The second-order valence-corrected chi connectivity index (χ2v) is 7.38. The van der Waals surface area contributed by atoms with Crippen molar-refractivity contribution in [3.63, 3.8) is 0 Å². The normalized spacial score (nSPS) is 11.4. The molecule has 2 rings (SSSR count). The van der Waals surface area contributed by atoms with Crippen LogP contribution in [0.4, 0.5) is 8.78 Å². The molecule has 0 saturated carbocycles. The average molecular weight is 385 g/mol. The maximum Gasteiger partial charge on any atom is 0.321 e. The fourth-order valence-electron chi connectivity index (χ4n) is 2.12. The van der Waals surface area contributed by atoms with E-state index in [9.17, 15) is 22.0 Å². The van der Waals surface area contributed by atoms with Gasteiger partial charge in [-0.2, -0.15) is 4.31 Å². The molecule has 0 amide bonds.